The van der Waals surface area contributed by atoms with E-state index in [0.29, 0.717) is 23.1 Å². The van der Waals surface area contributed by atoms with Crippen LogP contribution in [0.4, 0.5) is 11.4 Å². The smallest absolute Gasteiger partial charge is 0.274 e. The number of nitrogens with zero attached hydrogens (tertiary/aromatic N) is 2. The molecule has 1 aliphatic heterocycles. The van der Waals surface area contributed by atoms with E-state index >= 15 is 0 Å². The fraction of sp³-hybridized carbons (Fsp3) is 0.444. The van der Waals surface area contributed by atoms with Gasteiger partial charge in [0, 0.05) is 11.6 Å². The molecule has 1 aromatic rings. The number of nitro benzene ring substituents is 1. The Morgan fingerprint density at radius 1 is 1.08 bits per heavy atom. The molecule has 6 nitrogen and oxygen atoms in total. The lowest BCUT2D eigenvalue weighted by atomic mass is 9.63. The van der Waals surface area contributed by atoms with Crippen molar-refractivity contribution in [1.82, 2.24) is 0 Å². The maximum atomic E-state index is 13.0. The van der Waals surface area contributed by atoms with Gasteiger partial charge in [-0.1, -0.05) is 18.2 Å². The minimum absolute atomic E-state index is 0.0630. The highest BCUT2D eigenvalue weighted by Gasteiger charge is 2.67. The van der Waals surface area contributed by atoms with E-state index in [4.69, 9.17) is 0 Å². The second-order valence-corrected chi connectivity index (χ2v) is 7.39. The maximum absolute atomic E-state index is 13.0. The zero-order valence-electron chi connectivity index (χ0n) is 13.1. The number of aryl methyl sites for hydroxylation is 1. The van der Waals surface area contributed by atoms with Crippen molar-refractivity contribution in [2.45, 2.75) is 13.3 Å². The number of rotatable bonds is 2. The molecule has 6 atom stereocenters. The Bertz CT molecular complexity index is 809. The highest BCUT2D eigenvalue weighted by molar-refractivity contribution is 6.22. The van der Waals surface area contributed by atoms with Gasteiger partial charge in [-0.3, -0.25) is 19.7 Å². The van der Waals surface area contributed by atoms with Crippen LogP contribution in [0.3, 0.4) is 0 Å². The molecular weight excluding hydrogens is 308 g/mol. The molecule has 5 aliphatic rings. The Labute approximate surface area is 138 Å². The Morgan fingerprint density at radius 3 is 2.21 bits per heavy atom. The van der Waals surface area contributed by atoms with Gasteiger partial charge in [0.05, 0.1) is 22.4 Å². The number of nitro groups is 1. The van der Waals surface area contributed by atoms with Gasteiger partial charge in [0.25, 0.3) is 5.69 Å². The Balaban J connectivity index is 1.57. The number of amides is 2. The number of anilines is 1. The molecule has 1 saturated heterocycles. The third kappa shape index (κ3) is 1.56. The molecule has 122 valence electrons. The van der Waals surface area contributed by atoms with Crippen molar-refractivity contribution in [1.29, 1.82) is 0 Å². The van der Waals surface area contributed by atoms with Crippen LogP contribution in [0.1, 0.15) is 12.0 Å². The number of carbonyl (C=O) groups is 2. The summed E-state index contributed by atoms with van der Waals surface area (Å²) in [4.78, 5) is 37.8. The zero-order valence-corrected chi connectivity index (χ0v) is 13.1. The minimum atomic E-state index is -0.475. The lowest BCUT2D eigenvalue weighted by molar-refractivity contribution is -0.385. The average Bonchev–Trinajstić information content (AvgIpc) is 3.33. The van der Waals surface area contributed by atoms with Crippen LogP contribution in [0, 0.1) is 52.5 Å². The first-order valence-electron chi connectivity index (χ1n) is 8.30. The first-order chi connectivity index (χ1) is 11.5. The predicted molar refractivity (Wildman–Crippen MR) is 85.0 cm³/mol. The molecule has 6 rings (SSSR count). The normalized spacial score (nSPS) is 38.3. The minimum Gasteiger partial charge on any atom is -0.274 e. The largest absolute Gasteiger partial charge is 0.274 e. The summed E-state index contributed by atoms with van der Waals surface area (Å²) in [7, 11) is 0. The molecule has 4 aliphatic carbocycles. The van der Waals surface area contributed by atoms with Crippen LogP contribution in [0.15, 0.2) is 30.4 Å². The molecule has 3 fully saturated rings. The monoisotopic (exact) mass is 324 g/mol. The number of allylic oxidation sites excluding steroid dienone is 2. The van der Waals surface area contributed by atoms with Gasteiger partial charge >= 0.3 is 0 Å². The summed E-state index contributed by atoms with van der Waals surface area (Å²) in [6.07, 6.45) is 5.35. The number of hydrogen-bond donors (Lipinski definition) is 0. The van der Waals surface area contributed by atoms with Gasteiger partial charge in [-0.15, -0.1) is 0 Å². The third-order valence-corrected chi connectivity index (χ3v) is 6.31. The van der Waals surface area contributed by atoms with E-state index in [9.17, 15) is 19.7 Å². The lowest BCUT2D eigenvalue weighted by Gasteiger charge is -2.37. The SMILES string of the molecule is Cc1ccc(N2C(=O)C3C4C=CC(C5CC45)C3C2=O)cc1[N+](=O)[O-]. The van der Waals surface area contributed by atoms with E-state index < -0.39 is 4.92 Å². The molecule has 6 unspecified atom stereocenters. The third-order valence-electron chi connectivity index (χ3n) is 6.31. The standard InChI is InChI=1S/C18H16N2O4/c1-8-2-3-9(6-14(8)20(23)24)19-17(21)15-10-4-5-11(13-7-12(10)13)16(15)18(19)22/h2-6,10-13,15-16H,7H2,1H3. The molecule has 2 bridgehead atoms. The summed E-state index contributed by atoms with van der Waals surface area (Å²) in [5.41, 5.74) is 0.778. The first kappa shape index (κ1) is 13.9. The van der Waals surface area contributed by atoms with Crippen LogP contribution in [-0.4, -0.2) is 16.7 Å². The first-order valence-corrected chi connectivity index (χ1v) is 8.30. The molecule has 1 heterocycles. The van der Waals surface area contributed by atoms with E-state index in [1.165, 1.54) is 11.0 Å². The number of imide groups is 1. The molecule has 0 radical (unpaired) electrons. The summed E-state index contributed by atoms with van der Waals surface area (Å²) in [5.74, 6) is 0.475. The van der Waals surface area contributed by atoms with Crippen LogP contribution in [0.2, 0.25) is 0 Å². The topological polar surface area (TPSA) is 80.5 Å². The van der Waals surface area contributed by atoms with Gasteiger partial charge in [0.1, 0.15) is 0 Å². The van der Waals surface area contributed by atoms with Gasteiger partial charge in [0.15, 0.2) is 0 Å². The number of benzene rings is 1. The summed E-state index contributed by atoms with van der Waals surface area (Å²) in [6, 6.07) is 4.57. The van der Waals surface area contributed by atoms with Crippen molar-refractivity contribution >= 4 is 23.2 Å². The fourth-order valence-electron chi connectivity index (χ4n) is 5.15. The molecule has 24 heavy (non-hydrogen) atoms. The lowest BCUT2D eigenvalue weighted by Crippen LogP contribution is -2.40. The van der Waals surface area contributed by atoms with Crippen LogP contribution in [0.25, 0.3) is 0 Å². The Morgan fingerprint density at radius 2 is 1.67 bits per heavy atom. The quantitative estimate of drug-likeness (QED) is 0.362. The second kappa shape index (κ2) is 4.32. The van der Waals surface area contributed by atoms with Crippen molar-refractivity contribution in [2.75, 3.05) is 4.90 Å². The van der Waals surface area contributed by atoms with Crippen molar-refractivity contribution in [3.63, 3.8) is 0 Å². The molecule has 2 amide bonds. The van der Waals surface area contributed by atoms with Gasteiger partial charge in [0.2, 0.25) is 11.8 Å². The Hall–Kier alpha value is -2.50. The summed E-state index contributed by atoms with van der Waals surface area (Å²) in [5, 5.41) is 11.2. The molecule has 6 heteroatoms. The molecule has 1 aromatic carbocycles. The second-order valence-electron chi connectivity index (χ2n) is 7.39. The molecule has 2 saturated carbocycles. The molecular formula is C18H16N2O4. The van der Waals surface area contributed by atoms with Crippen LogP contribution in [0.5, 0.6) is 0 Å². The molecule has 0 N–H and O–H groups in total. The highest BCUT2D eigenvalue weighted by Crippen LogP contribution is 2.65. The predicted octanol–water partition coefficient (Wildman–Crippen LogP) is 2.46. The van der Waals surface area contributed by atoms with Crippen LogP contribution < -0.4 is 4.90 Å². The average molecular weight is 324 g/mol. The molecule has 0 aromatic heterocycles. The van der Waals surface area contributed by atoms with E-state index in [2.05, 4.69) is 12.2 Å². The van der Waals surface area contributed by atoms with Crippen molar-refractivity contribution in [3.05, 3.63) is 46.0 Å². The van der Waals surface area contributed by atoms with E-state index in [1.807, 2.05) is 0 Å². The van der Waals surface area contributed by atoms with Crippen LogP contribution in [-0.2, 0) is 9.59 Å². The fourth-order valence-corrected chi connectivity index (χ4v) is 5.15. The number of hydrogen-bond acceptors (Lipinski definition) is 4. The summed E-state index contributed by atoms with van der Waals surface area (Å²) in [6.45, 7) is 1.65. The van der Waals surface area contributed by atoms with Crippen molar-refractivity contribution in [3.8, 4) is 0 Å². The van der Waals surface area contributed by atoms with Gasteiger partial charge in [-0.2, -0.15) is 0 Å². The van der Waals surface area contributed by atoms with Gasteiger partial charge < -0.3 is 0 Å². The number of carbonyl (C=O) groups excluding carboxylic acids is 2. The van der Waals surface area contributed by atoms with E-state index in [1.54, 1.807) is 19.1 Å². The maximum Gasteiger partial charge on any atom is 0.274 e. The molecule has 0 spiro atoms. The van der Waals surface area contributed by atoms with E-state index in [0.717, 1.165) is 6.42 Å². The van der Waals surface area contributed by atoms with Gasteiger partial charge in [-0.05, 0) is 43.1 Å². The van der Waals surface area contributed by atoms with Crippen LogP contribution >= 0.6 is 0 Å². The van der Waals surface area contributed by atoms with Crippen molar-refractivity contribution in [2.24, 2.45) is 35.5 Å². The zero-order chi connectivity index (χ0) is 16.7. The summed E-state index contributed by atoms with van der Waals surface area (Å²) < 4.78 is 0. The van der Waals surface area contributed by atoms with Crippen molar-refractivity contribution < 1.29 is 14.5 Å². The van der Waals surface area contributed by atoms with E-state index in [-0.39, 0.29) is 41.2 Å². The summed E-state index contributed by atoms with van der Waals surface area (Å²) >= 11 is 0. The highest BCUT2D eigenvalue weighted by atomic mass is 16.6. The van der Waals surface area contributed by atoms with Gasteiger partial charge in [-0.25, -0.2) is 4.90 Å². The Kier molecular flexibility index (Phi) is 2.50.